The van der Waals surface area contributed by atoms with Crippen LogP contribution in [0.15, 0.2) is 194 Å². The van der Waals surface area contributed by atoms with E-state index < -0.39 is 0 Å². The minimum absolute atomic E-state index is 0.659. The van der Waals surface area contributed by atoms with Crippen molar-refractivity contribution in [3.05, 3.63) is 194 Å². The van der Waals surface area contributed by atoms with Gasteiger partial charge in [-0.2, -0.15) is 9.13 Å². The summed E-state index contributed by atoms with van der Waals surface area (Å²) < 4.78 is 19.6. The molecular formula is C62H48N4O2+2. The van der Waals surface area contributed by atoms with Crippen LogP contribution in [-0.2, 0) is 13.6 Å². The van der Waals surface area contributed by atoms with Crippen LogP contribution in [0.5, 0.6) is 11.5 Å². The van der Waals surface area contributed by atoms with Gasteiger partial charge >= 0.3 is 0 Å². The summed E-state index contributed by atoms with van der Waals surface area (Å²) in [7, 11) is 2.12. The second-order valence-corrected chi connectivity index (χ2v) is 18.0. The molecule has 13 rings (SSSR count). The molecule has 0 amide bonds. The number of hydrogen-bond donors (Lipinski definition) is 0. The van der Waals surface area contributed by atoms with Crippen molar-refractivity contribution in [1.82, 2.24) is 9.55 Å². The number of ether oxygens (including phenoxy) is 2. The largest absolute Gasteiger partial charge is 0.487 e. The number of aromatic nitrogens is 4. The monoisotopic (exact) mass is 880 g/mol. The van der Waals surface area contributed by atoms with Gasteiger partial charge in [-0.3, -0.25) is 4.57 Å². The SMILES string of the molecule is CCCCOc1ccc(-c2c3ccccc3c(-c3ccc4c5c3ccc[n+]5CCO4)c3c2ccc2c(-c4ccc(-c5nc6ccccc6n5-c5ccccc5)cc4)cccc23)c2ccc[n+](C)c12. The third-order valence-electron chi connectivity index (χ3n) is 14.1. The van der Waals surface area contributed by atoms with Gasteiger partial charge < -0.3 is 9.47 Å². The van der Waals surface area contributed by atoms with Gasteiger partial charge in [-0.15, -0.1) is 0 Å². The molecule has 0 N–H and O–H groups in total. The van der Waals surface area contributed by atoms with Crippen molar-refractivity contribution in [1.29, 1.82) is 0 Å². The van der Waals surface area contributed by atoms with Gasteiger partial charge in [0, 0.05) is 23.4 Å². The van der Waals surface area contributed by atoms with E-state index in [0.29, 0.717) is 13.2 Å². The van der Waals surface area contributed by atoms with E-state index in [1.807, 2.05) is 0 Å². The number of para-hydroxylation sites is 3. The van der Waals surface area contributed by atoms with Gasteiger partial charge in [0.15, 0.2) is 30.4 Å². The van der Waals surface area contributed by atoms with Crippen LogP contribution in [0.3, 0.4) is 0 Å². The van der Waals surface area contributed by atoms with Crippen LogP contribution in [0.25, 0.3) is 116 Å². The zero-order valence-corrected chi connectivity index (χ0v) is 38.1. The van der Waals surface area contributed by atoms with E-state index in [1.165, 1.54) is 65.5 Å². The van der Waals surface area contributed by atoms with Crippen LogP contribution in [0.2, 0.25) is 0 Å². The van der Waals surface area contributed by atoms with Crippen LogP contribution >= 0.6 is 0 Å². The molecule has 1 aliphatic heterocycles. The quantitative estimate of drug-likeness (QED) is 0.0628. The lowest BCUT2D eigenvalue weighted by Gasteiger charge is -2.22. The molecule has 0 aliphatic carbocycles. The van der Waals surface area contributed by atoms with E-state index >= 15 is 0 Å². The Morgan fingerprint density at radius 2 is 1.25 bits per heavy atom. The molecular weight excluding hydrogens is 833 g/mol. The number of fused-ring (bicyclic) bond motifs is 6. The molecule has 0 fully saturated rings. The maximum Gasteiger partial charge on any atom is 0.255 e. The third kappa shape index (κ3) is 6.28. The van der Waals surface area contributed by atoms with Crippen molar-refractivity contribution >= 4 is 65.2 Å². The topological polar surface area (TPSA) is 44.0 Å². The van der Waals surface area contributed by atoms with Crippen molar-refractivity contribution in [3.63, 3.8) is 0 Å². The van der Waals surface area contributed by atoms with Crippen molar-refractivity contribution in [2.75, 3.05) is 13.2 Å². The van der Waals surface area contributed by atoms with E-state index in [2.05, 4.69) is 222 Å². The molecule has 6 heteroatoms. The predicted molar refractivity (Wildman–Crippen MR) is 278 cm³/mol. The fourth-order valence-corrected chi connectivity index (χ4v) is 11.0. The second-order valence-electron chi connectivity index (χ2n) is 18.0. The molecule has 6 nitrogen and oxygen atoms in total. The molecule has 0 radical (unpaired) electrons. The Bertz CT molecular complexity index is 3960. The molecule has 3 aromatic heterocycles. The summed E-state index contributed by atoms with van der Waals surface area (Å²) in [5.41, 5.74) is 13.6. The number of imidazole rings is 1. The first-order valence-corrected chi connectivity index (χ1v) is 23.8. The summed E-state index contributed by atoms with van der Waals surface area (Å²) in [5, 5.41) is 9.59. The van der Waals surface area contributed by atoms with Gasteiger partial charge in [-0.25, -0.2) is 4.98 Å². The molecule has 0 unspecified atom stereocenters. The van der Waals surface area contributed by atoms with E-state index in [9.17, 15) is 0 Å². The van der Waals surface area contributed by atoms with E-state index in [-0.39, 0.29) is 0 Å². The molecule has 0 bridgehead atoms. The highest BCUT2D eigenvalue weighted by molar-refractivity contribution is 6.31. The van der Waals surface area contributed by atoms with Gasteiger partial charge in [0.2, 0.25) is 0 Å². The summed E-state index contributed by atoms with van der Waals surface area (Å²) >= 11 is 0. The average Bonchev–Trinajstić information content (AvgIpc) is 3.79. The minimum atomic E-state index is 0.659. The van der Waals surface area contributed by atoms with Crippen molar-refractivity contribution < 1.29 is 18.6 Å². The average molecular weight is 881 g/mol. The number of rotatable bonds is 9. The third-order valence-corrected chi connectivity index (χ3v) is 14.1. The Kier molecular flexibility index (Phi) is 9.53. The van der Waals surface area contributed by atoms with Gasteiger partial charge in [0.1, 0.15) is 19.5 Å². The summed E-state index contributed by atoms with van der Waals surface area (Å²) in [6.45, 7) is 4.36. The Hall–Kier alpha value is -8.35. The van der Waals surface area contributed by atoms with Crippen LogP contribution in [0.1, 0.15) is 19.8 Å². The van der Waals surface area contributed by atoms with E-state index in [4.69, 9.17) is 14.5 Å². The Labute approximate surface area is 394 Å². The smallest absolute Gasteiger partial charge is 0.255 e. The molecule has 0 saturated carbocycles. The van der Waals surface area contributed by atoms with E-state index in [0.717, 1.165) is 81.0 Å². The Morgan fingerprint density at radius 3 is 2.10 bits per heavy atom. The second kappa shape index (κ2) is 16.2. The van der Waals surface area contributed by atoms with Crippen LogP contribution in [0.4, 0.5) is 0 Å². The zero-order valence-electron chi connectivity index (χ0n) is 38.1. The maximum atomic E-state index is 6.50. The lowest BCUT2D eigenvalue weighted by Crippen LogP contribution is -2.40. The maximum absolute atomic E-state index is 6.50. The number of nitrogens with zero attached hydrogens (tertiary/aromatic N) is 4. The summed E-state index contributed by atoms with van der Waals surface area (Å²) in [6.07, 6.45) is 6.40. The first kappa shape index (κ1) is 40.0. The molecule has 68 heavy (non-hydrogen) atoms. The number of aryl methyl sites for hydroxylation is 1. The number of pyridine rings is 2. The molecule has 1 aliphatic rings. The highest BCUT2D eigenvalue weighted by atomic mass is 16.5. The molecule has 0 spiro atoms. The van der Waals surface area contributed by atoms with Crippen LogP contribution in [-0.4, -0.2) is 22.8 Å². The standard InChI is InChI=1S/C62H48N4O2/c1-3-4-38-67-55-33-31-48(50-21-13-35-64(2)60(50)55)57-46-17-8-9-18-47(46)58(49-32-34-56-61-51(49)22-14-36-65(61)37-39-68-56)59-45-20-12-19-43(44(45)29-30-52(57)59)40-25-27-41(28-26-40)62-63-53-23-10-11-24-54(53)66(62)42-15-6-5-7-16-42/h5-36H,3-4,37-39H2,1-2H3/q+2. The summed E-state index contributed by atoms with van der Waals surface area (Å²) in [6, 6.07) is 66.2. The fraction of sp³-hybridized carbons (Fsp3) is 0.113. The van der Waals surface area contributed by atoms with Gasteiger partial charge in [0.25, 0.3) is 11.0 Å². The predicted octanol–water partition coefficient (Wildman–Crippen LogP) is 14.1. The lowest BCUT2D eigenvalue weighted by atomic mass is 9.81. The highest BCUT2D eigenvalue weighted by Crippen LogP contribution is 2.50. The Balaban J connectivity index is 1.08. The van der Waals surface area contributed by atoms with Crippen LogP contribution < -0.4 is 18.6 Å². The zero-order chi connectivity index (χ0) is 45.3. The molecule has 0 atom stereocenters. The molecule has 12 aromatic rings. The molecule has 0 saturated heterocycles. The van der Waals surface area contributed by atoms with Gasteiger partial charge in [-0.1, -0.05) is 123 Å². The van der Waals surface area contributed by atoms with Crippen molar-refractivity contribution in [3.8, 4) is 62.0 Å². The van der Waals surface area contributed by atoms with E-state index in [1.54, 1.807) is 0 Å². The van der Waals surface area contributed by atoms with Gasteiger partial charge in [0.05, 0.1) is 28.4 Å². The Morgan fingerprint density at radius 1 is 0.559 bits per heavy atom. The molecule has 4 heterocycles. The first-order chi connectivity index (χ1) is 33.6. The van der Waals surface area contributed by atoms with Crippen molar-refractivity contribution in [2.45, 2.75) is 26.3 Å². The normalized spacial score (nSPS) is 12.4. The van der Waals surface area contributed by atoms with Crippen LogP contribution in [0, 0.1) is 0 Å². The highest BCUT2D eigenvalue weighted by Gasteiger charge is 2.28. The summed E-state index contributed by atoms with van der Waals surface area (Å²) in [5.74, 6) is 2.76. The van der Waals surface area contributed by atoms with Gasteiger partial charge in [-0.05, 0) is 133 Å². The fourth-order valence-electron chi connectivity index (χ4n) is 11.0. The number of benzene rings is 9. The minimum Gasteiger partial charge on any atom is -0.487 e. The lowest BCUT2D eigenvalue weighted by molar-refractivity contribution is -0.676. The first-order valence-electron chi connectivity index (χ1n) is 23.8. The molecule has 326 valence electrons. The van der Waals surface area contributed by atoms with Crippen molar-refractivity contribution in [2.24, 2.45) is 7.05 Å². The summed E-state index contributed by atoms with van der Waals surface area (Å²) in [4.78, 5) is 5.17. The number of hydrogen-bond acceptors (Lipinski definition) is 3. The number of unbranched alkanes of at least 4 members (excludes halogenated alkanes) is 1. The molecule has 9 aromatic carbocycles.